The number of nitrogens with zero attached hydrogens (tertiary/aromatic N) is 1. The minimum Gasteiger partial charge on any atom is -0.273 e. The third-order valence-corrected chi connectivity index (χ3v) is 1.46. The van der Waals surface area contributed by atoms with Gasteiger partial charge in [-0.15, -0.1) is 0 Å². The summed E-state index contributed by atoms with van der Waals surface area (Å²) in [6.07, 6.45) is 2.54. The summed E-state index contributed by atoms with van der Waals surface area (Å²) >= 11 is 0. The Bertz CT molecular complexity index is 110. The fraction of sp³-hybridized carbons (Fsp3) is 0.889. The lowest BCUT2D eigenvalue weighted by atomic mass is 10.1. The van der Waals surface area contributed by atoms with Crippen molar-refractivity contribution < 1.29 is 4.79 Å². The highest BCUT2D eigenvalue weighted by atomic mass is 16.1. The zero-order valence-electron chi connectivity index (χ0n) is 7.76. The molecule has 0 spiro atoms. The third-order valence-electron chi connectivity index (χ3n) is 1.46. The van der Waals surface area contributed by atoms with Gasteiger partial charge in [-0.1, -0.05) is 20.8 Å². The van der Waals surface area contributed by atoms with E-state index in [0.717, 1.165) is 12.8 Å². The molecule has 0 aliphatic carbocycles. The second-order valence-electron chi connectivity index (χ2n) is 3.21. The molecule has 0 fully saturated rings. The topological polar surface area (TPSA) is 31.2 Å². The van der Waals surface area contributed by atoms with Gasteiger partial charge in [0, 0.05) is 13.0 Å². The van der Waals surface area contributed by atoms with Crippen LogP contribution < -0.4 is 5.32 Å². The molecule has 1 radical (unpaired) electrons. The van der Waals surface area contributed by atoms with Crippen molar-refractivity contribution in [1.29, 1.82) is 0 Å². The molecule has 0 aromatic heterocycles. The molecule has 0 aliphatic rings. The van der Waals surface area contributed by atoms with Crippen LogP contribution in [-0.4, -0.2) is 12.5 Å². The first-order valence-corrected chi connectivity index (χ1v) is 4.37. The van der Waals surface area contributed by atoms with E-state index in [9.17, 15) is 4.79 Å². The molecular weight excluding hydrogens is 138 g/mol. The minimum absolute atomic E-state index is 0.0631. The Hall–Kier alpha value is -0.530. The first-order chi connectivity index (χ1) is 5.16. The molecular formula is C9H18NO. The maximum absolute atomic E-state index is 10.9. The van der Waals surface area contributed by atoms with Crippen LogP contribution in [0.2, 0.25) is 0 Å². The van der Waals surface area contributed by atoms with Gasteiger partial charge in [-0.2, -0.15) is 0 Å². The Labute approximate surface area is 69.4 Å². The van der Waals surface area contributed by atoms with Crippen LogP contribution in [0.25, 0.3) is 0 Å². The average Bonchev–Trinajstić information content (AvgIpc) is 1.87. The molecule has 0 N–H and O–H groups in total. The Morgan fingerprint density at radius 3 is 2.55 bits per heavy atom. The van der Waals surface area contributed by atoms with Crippen molar-refractivity contribution in [3.05, 3.63) is 0 Å². The average molecular weight is 156 g/mol. The number of carbonyl (C=O) groups excluding carboxylic acids is 1. The fourth-order valence-corrected chi connectivity index (χ4v) is 0.740. The van der Waals surface area contributed by atoms with Crippen molar-refractivity contribution in [1.82, 2.24) is 5.32 Å². The molecule has 11 heavy (non-hydrogen) atoms. The van der Waals surface area contributed by atoms with Crippen molar-refractivity contribution in [3.8, 4) is 0 Å². The first-order valence-electron chi connectivity index (χ1n) is 4.37. The molecule has 0 aromatic carbocycles. The van der Waals surface area contributed by atoms with Gasteiger partial charge in [-0.3, -0.25) is 10.1 Å². The maximum atomic E-state index is 10.9. The van der Waals surface area contributed by atoms with Crippen LogP contribution in [0.5, 0.6) is 0 Å². The fourth-order valence-electron chi connectivity index (χ4n) is 0.740. The van der Waals surface area contributed by atoms with Crippen LogP contribution in [-0.2, 0) is 4.79 Å². The second kappa shape index (κ2) is 6.20. The Morgan fingerprint density at radius 1 is 1.45 bits per heavy atom. The van der Waals surface area contributed by atoms with Gasteiger partial charge in [0.1, 0.15) is 0 Å². The van der Waals surface area contributed by atoms with Crippen LogP contribution in [0.4, 0.5) is 0 Å². The van der Waals surface area contributed by atoms with Gasteiger partial charge >= 0.3 is 0 Å². The molecule has 0 aromatic rings. The van der Waals surface area contributed by atoms with E-state index in [2.05, 4.69) is 19.2 Å². The van der Waals surface area contributed by atoms with Gasteiger partial charge < -0.3 is 0 Å². The van der Waals surface area contributed by atoms with Gasteiger partial charge in [-0.25, -0.2) is 0 Å². The molecule has 2 nitrogen and oxygen atoms in total. The van der Waals surface area contributed by atoms with Crippen molar-refractivity contribution in [3.63, 3.8) is 0 Å². The van der Waals surface area contributed by atoms with Crippen molar-refractivity contribution >= 4 is 5.91 Å². The maximum Gasteiger partial charge on any atom is 0.241 e. The van der Waals surface area contributed by atoms with Crippen molar-refractivity contribution in [2.24, 2.45) is 5.92 Å². The largest absolute Gasteiger partial charge is 0.273 e. The lowest BCUT2D eigenvalue weighted by molar-refractivity contribution is -0.121. The van der Waals surface area contributed by atoms with Crippen LogP contribution in [0, 0.1) is 5.92 Å². The molecule has 0 saturated carbocycles. The highest BCUT2D eigenvalue weighted by molar-refractivity contribution is 5.75. The zero-order valence-corrected chi connectivity index (χ0v) is 7.76. The molecule has 65 valence electrons. The Balaban J connectivity index is 3.17. The molecule has 0 aliphatic heterocycles. The van der Waals surface area contributed by atoms with E-state index in [1.165, 1.54) is 0 Å². The van der Waals surface area contributed by atoms with Gasteiger partial charge in [0.2, 0.25) is 5.91 Å². The predicted octanol–water partition coefficient (Wildman–Crippen LogP) is 1.96. The first kappa shape index (κ1) is 10.5. The summed E-state index contributed by atoms with van der Waals surface area (Å²) in [5, 5.41) is 3.92. The van der Waals surface area contributed by atoms with Crippen molar-refractivity contribution in [2.45, 2.75) is 40.0 Å². The third kappa shape index (κ3) is 7.37. The van der Waals surface area contributed by atoms with E-state index in [0.29, 0.717) is 18.9 Å². The van der Waals surface area contributed by atoms with E-state index in [1.54, 1.807) is 0 Å². The molecule has 0 atom stereocenters. The van der Waals surface area contributed by atoms with E-state index in [4.69, 9.17) is 0 Å². The number of hydrogen-bond donors (Lipinski definition) is 0. The Kier molecular flexibility index (Phi) is 5.90. The summed E-state index contributed by atoms with van der Waals surface area (Å²) in [5.74, 6) is 0.710. The normalized spacial score (nSPS) is 10.2. The number of rotatable bonds is 5. The molecule has 0 rings (SSSR count). The van der Waals surface area contributed by atoms with E-state index in [1.807, 2.05) is 6.92 Å². The Morgan fingerprint density at radius 2 is 2.09 bits per heavy atom. The monoisotopic (exact) mass is 156 g/mol. The zero-order chi connectivity index (χ0) is 8.69. The smallest absolute Gasteiger partial charge is 0.241 e. The summed E-state index contributed by atoms with van der Waals surface area (Å²) in [4.78, 5) is 10.9. The van der Waals surface area contributed by atoms with E-state index >= 15 is 0 Å². The highest BCUT2D eigenvalue weighted by Crippen LogP contribution is 1.97. The predicted molar refractivity (Wildman–Crippen MR) is 46.4 cm³/mol. The summed E-state index contributed by atoms with van der Waals surface area (Å²) in [5.41, 5.74) is 0. The molecule has 2 heteroatoms. The number of carbonyl (C=O) groups is 1. The standard InChI is InChI=1S/C9H18NO/c1-4-5-9(11)10-7-6-8(2)3/h8H,4-7H2,1-3H3. The highest BCUT2D eigenvalue weighted by Gasteiger charge is 2.00. The second-order valence-corrected chi connectivity index (χ2v) is 3.21. The van der Waals surface area contributed by atoms with Crippen LogP contribution in [0.3, 0.4) is 0 Å². The molecule has 0 heterocycles. The van der Waals surface area contributed by atoms with Gasteiger partial charge in [0.25, 0.3) is 0 Å². The summed E-state index contributed by atoms with van der Waals surface area (Å²) < 4.78 is 0. The summed E-state index contributed by atoms with van der Waals surface area (Å²) in [7, 11) is 0. The number of amides is 1. The van der Waals surface area contributed by atoms with Gasteiger partial charge in [0.05, 0.1) is 0 Å². The molecule has 0 unspecified atom stereocenters. The lowest BCUT2D eigenvalue weighted by Gasteiger charge is -2.03. The quantitative estimate of drug-likeness (QED) is 0.598. The minimum atomic E-state index is 0.0631. The molecule has 0 bridgehead atoms. The van der Waals surface area contributed by atoms with Crippen LogP contribution in [0.1, 0.15) is 40.0 Å². The van der Waals surface area contributed by atoms with Crippen molar-refractivity contribution in [2.75, 3.05) is 6.54 Å². The van der Waals surface area contributed by atoms with Crippen LogP contribution >= 0.6 is 0 Å². The van der Waals surface area contributed by atoms with E-state index < -0.39 is 0 Å². The lowest BCUT2D eigenvalue weighted by Crippen LogP contribution is -2.17. The SMILES string of the molecule is CCCC(=O)[N]CCC(C)C. The van der Waals surface area contributed by atoms with Crippen LogP contribution in [0.15, 0.2) is 0 Å². The number of hydrogen-bond acceptors (Lipinski definition) is 1. The molecule has 1 amide bonds. The van der Waals surface area contributed by atoms with Gasteiger partial charge in [0.15, 0.2) is 0 Å². The van der Waals surface area contributed by atoms with Gasteiger partial charge in [-0.05, 0) is 18.8 Å². The summed E-state index contributed by atoms with van der Waals surface area (Å²) in [6, 6.07) is 0. The molecule has 0 saturated heterocycles. The van der Waals surface area contributed by atoms with E-state index in [-0.39, 0.29) is 5.91 Å². The summed E-state index contributed by atoms with van der Waals surface area (Å²) in [6.45, 7) is 6.98.